The maximum Gasteiger partial charge on any atom is 0.191 e. The monoisotopic (exact) mass is 508 g/mol. The molecule has 1 heterocycles. The van der Waals surface area contributed by atoms with Gasteiger partial charge in [-0.25, -0.2) is 4.99 Å². The fourth-order valence-electron chi connectivity index (χ4n) is 3.50. The zero-order valence-corrected chi connectivity index (χ0v) is 19.6. The fourth-order valence-corrected chi connectivity index (χ4v) is 3.50. The van der Waals surface area contributed by atoms with Gasteiger partial charge >= 0.3 is 0 Å². The number of phenols is 1. The number of hydrogen-bond donors (Lipinski definition) is 3. The lowest BCUT2D eigenvalue weighted by Crippen LogP contribution is -2.38. The van der Waals surface area contributed by atoms with Gasteiger partial charge in [0.25, 0.3) is 0 Å². The van der Waals surface area contributed by atoms with Crippen molar-refractivity contribution in [3.05, 3.63) is 65.2 Å². The molecule has 0 aliphatic carbocycles. The van der Waals surface area contributed by atoms with Gasteiger partial charge in [-0.15, -0.1) is 24.0 Å². The van der Waals surface area contributed by atoms with E-state index in [2.05, 4.69) is 46.7 Å². The maximum atomic E-state index is 9.56. The summed E-state index contributed by atoms with van der Waals surface area (Å²) in [5.74, 6) is 1.13. The van der Waals surface area contributed by atoms with E-state index in [0.717, 1.165) is 37.6 Å². The second-order valence-corrected chi connectivity index (χ2v) is 7.34. The number of guanidine groups is 1. The molecule has 1 aliphatic rings. The van der Waals surface area contributed by atoms with E-state index in [1.54, 1.807) is 12.1 Å². The highest BCUT2D eigenvalue weighted by molar-refractivity contribution is 14.0. The van der Waals surface area contributed by atoms with E-state index in [4.69, 9.17) is 4.99 Å². The van der Waals surface area contributed by atoms with Crippen molar-refractivity contribution in [2.75, 3.05) is 26.2 Å². The van der Waals surface area contributed by atoms with Crippen molar-refractivity contribution < 1.29 is 5.11 Å². The Balaban J connectivity index is 0.00000300. The van der Waals surface area contributed by atoms with Gasteiger partial charge in [-0.3, -0.25) is 4.90 Å². The first kappa shape index (κ1) is 23.5. The summed E-state index contributed by atoms with van der Waals surface area (Å²) in [5.41, 5.74) is 3.71. The number of nitrogens with one attached hydrogen (secondary N) is 2. The minimum Gasteiger partial charge on any atom is -0.508 e. The van der Waals surface area contributed by atoms with E-state index in [-0.39, 0.29) is 24.0 Å². The summed E-state index contributed by atoms with van der Waals surface area (Å²) < 4.78 is 0. The molecular formula is C23H33IN4O. The molecule has 1 fully saturated rings. The molecule has 3 rings (SSSR count). The topological polar surface area (TPSA) is 59.9 Å². The first-order valence-electron chi connectivity index (χ1n) is 10.3. The number of benzene rings is 2. The summed E-state index contributed by atoms with van der Waals surface area (Å²) in [7, 11) is 0. The second kappa shape index (κ2) is 12.7. The van der Waals surface area contributed by atoms with Gasteiger partial charge in [0.15, 0.2) is 5.96 Å². The summed E-state index contributed by atoms with van der Waals surface area (Å²) in [6.45, 7) is 7.84. The molecule has 0 amide bonds. The molecule has 2 aromatic carbocycles. The van der Waals surface area contributed by atoms with Crippen LogP contribution in [0.2, 0.25) is 0 Å². The van der Waals surface area contributed by atoms with E-state index >= 15 is 0 Å². The van der Waals surface area contributed by atoms with Crippen LogP contribution < -0.4 is 10.6 Å². The highest BCUT2D eigenvalue weighted by Gasteiger charge is 2.11. The standard InChI is InChI=1S/C23H32N4O.HI/c1-2-24-23(25-13-12-19-6-5-7-22(28)16-19)26-17-20-8-10-21(11-9-20)18-27-14-3-4-15-27;/h5-11,16,28H,2-4,12-15,17-18H2,1H3,(H2,24,25,26);1H. The first-order chi connectivity index (χ1) is 13.7. The maximum absolute atomic E-state index is 9.56. The Morgan fingerprint density at radius 3 is 2.41 bits per heavy atom. The van der Waals surface area contributed by atoms with Crippen molar-refractivity contribution in [2.24, 2.45) is 4.99 Å². The Labute approximate surface area is 191 Å². The quantitative estimate of drug-likeness (QED) is 0.288. The molecule has 29 heavy (non-hydrogen) atoms. The zero-order chi connectivity index (χ0) is 19.6. The minimum absolute atomic E-state index is 0. The number of nitrogens with zero attached hydrogens (tertiary/aromatic N) is 2. The number of halogens is 1. The Morgan fingerprint density at radius 2 is 1.72 bits per heavy atom. The van der Waals surface area contributed by atoms with Gasteiger partial charge < -0.3 is 15.7 Å². The third-order valence-corrected chi connectivity index (χ3v) is 5.01. The average molecular weight is 508 g/mol. The molecule has 5 nitrogen and oxygen atoms in total. The van der Waals surface area contributed by atoms with Gasteiger partial charge in [-0.2, -0.15) is 0 Å². The number of phenolic OH excluding ortho intramolecular Hbond substituents is 1. The van der Waals surface area contributed by atoms with Crippen LogP contribution in [0.1, 0.15) is 36.5 Å². The minimum atomic E-state index is 0. The average Bonchev–Trinajstić information content (AvgIpc) is 3.20. The molecular weight excluding hydrogens is 475 g/mol. The summed E-state index contributed by atoms with van der Waals surface area (Å²) in [4.78, 5) is 7.22. The van der Waals surface area contributed by atoms with Gasteiger partial charge in [-0.1, -0.05) is 36.4 Å². The van der Waals surface area contributed by atoms with E-state index in [1.807, 2.05) is 12.1 Å². The van der Waals surface area contributed by atoms with Gasteiger partial charge in [0, 0.05) is 19.6 Å². The Kier molecular flexibility index (Phi) is 10.3. The number of aliphatic imine (C=N–C) groups is 1. The number of rotatable bonds is 8. The molecule has 158 valence electrons. The van der Waals surface area contributed by atoms with E-state index in [9.17, 15) is 5.11 Å². The Morgan fingerprint density at radius 1 is 1.00 bits per heavy atom. The molecule has 2 aromatic rings. The lowest BCUT2D eigenvalue weighted by molar-refractivity contribution is 0.331. The summed E-state index contributed by atoms with van der Waals surface area (Å²) in [6.07, 6.45) is 3.50. The predicted octanol–water partition coefficient (Wildman–Crippen LogP) is 3.90. The van der Waals surface area contributed by atoms with Gasteiger partial charge in [0.1, 0.15) is 5.75 Å². The molecule has 1 aliphatic heterocycles. The number of aromatic hydroxyl groups is 1. The van der Waals surface area contributed by atoms with Crippen LogP contribution in [0.15, 0.2) is 53.5 Å². The predicted molar refractivity (Wildman–Crippen MR) is 131 cm³/mol. The molecule has 0 bridgehead atoms. The van der Waals surface area contributed by atoms with Crippen LogP contribution in [-0.2, 0) is 19.5 Å². The molecule has 0 saturated carbocycles. The molecule has 1 saturated heterocycles. The van der Waals surface area contributed by atoms with Crippen molar-refractivity contribution in [3.63, 3.8) is 0 Å². The highest BCUT2D eigenvalue weighted by Crippen LogP contribution is 2.14. The highest BCUT2D eigenvalue weighted by atomic mass is 127. The summed E-state index contributed by atoms with van der Waals surface area (Å²) in [5, 5.41) is 16.2. The SMILES string of the molecule is CCNC(=NCc1ccc(CN2CCCC2)cc1)NCCc1cccc(O)c1.I. The van der Waals surface area contributed by atoms with Crippen molar-refractivity contribution in [2.45, 2.75) is 39.3 Å². The molecule has 0 radical (unpaired) electrons. The van der Waals surface area contributed by atoms with Crippen molar-refractivity contribution in [1.82, 2.24) is 15.5 Å². The smallest absolute Gasteiger partial charge is 0.191 e. The second-order valence-electron chi connectivity index (χ2n) is 7.34. The lowest BCUT2D eigenvalue weighted by Gasteiger charge is -2.14. The third kappa shape index (κ3) is 8.22. The first-order valence-corrected chi connectivity index (χ1v) is 10.3. The molecule has 0 aromatic heterocycles. The van der Waals surface area contributed by atoms with Crippen LogP contribution in [0.25, 0.3) is 0 Å². The molecule has 0 atom stereocenters. The van der Waals surface area contributed by atoms with Crippen molar-refractivity contribution in [3.8, 4) is 5.75 Å². The lowest BCUT2D eigenvalue weighted by atomic mass is 10.1. The van der Waals surface area contributed by atoms with Gasteiger partial charge in [0.2, 0.25) is 0 Å². The largest absolute Gasteiger partial charge is 0.508 e. The number of hydrogen-bond acceptors (Lipinski definition) is 3. The van der Waals surface area contributed by atoms with Gasteiger partial charge in [0.05, 0.1) is 6.54 Å². The van der Waals surface area contributed by atoms with Crippen molar-refractivity contribution >= 4 is 29.9 Å². The molecule has 3 N–H and O–H groups in total. The normalized spacial score (nSPS) is 14.4. The Bertz CT molecular complexity index is 758. The third-order valence-electron chi connectivity index (χ3n) is 5.01. The summed E-state index contributed by atoms with van der Waals surface area (Å²) in [6, 6.07) is 16.2. The van der Waals surface area contributed by atoms with Crippen LogP contribution in [0, 0.1) is 0 Å². The van der Waals surface area contributed by atoms with Crippen molar-refractivity contribution in [1.29, 1.82) is 0 Å². The van der Waals surface area contributed by atoms with Crippen LogP contribution in [0.4, 0.5) is 0 Å². The van der Waals surface area contributed by atoms with Crippen LogP contribution in [0.5, 0.6) is 5.75 Å². The Hall–Kier alpha value is -1.80. The van der Waals surface area contributed by atoms with Crippen LogP contribution >= 0.6 is 24.0 Å². The number of likely N-dealkylation sites (tertiary alicyclic amines) is 1. The zero-order valence-electron chi connectivity index (χ0n) is 17.2. The molecule has 6 heteroatoms. The van der Waals surface area contributed by atoms with E-state index in [0.29, 0.717) is 12.3 Å². The summed E-state index contributed by atoms with van der Waals surface area (Å²) >= 11 is 0. The van der Waals surface area contributed by atoms with E-state index < -0.39 is 0 Å². The fraction of sp³-hybridized carbons (Fsp3) is 0.435. The van der Waals surface area contributed by atoms with E-state index in [1.165, 1.54) is 37.1 Å². The molecule has 0 spiro atoms. The molecule has 0 unspecified atom stereocenters. The van der Waals surface area contributed by atoms with Crippen LogP contribution in [-0.4, -0.2) is 42.1 Å². The van der Waals surface area contributed by atoms with Crippen LogP contribution in [0.3, 0.4) is 0 Å². The van der Waals surface area contributed by atoms with Gasteiger partial charge in [-0.05, 0) is 68.1 Å².